The van der Waals surface area contributed by atoms with E-state index >= 15 is 0 Å². The fourth-order valence-electron chi connectivity index (χ4n) is 1.34. The van der Waals surface area contributed by atoms with Gasteiger partial charge in [-0.1, -0.05) is 23.7 Å². The van der Waals surface area contributed by atoms with E-state index in [1.807, 2.05) is 0 Å². The van der Waals surface area contributed by atoms with Crippen LogP contribution in [0.5, 0.6) is 0 Å². The van der Waals surface area contributed by atoms with Crippen LogP contribution >= 0.6 is 11.6 Å². The first-order chi connectivity index (χ1) is 8.16. The zero-order valence-electron chi connectivity index (χ0n) is 8.74. The van der Waals surface area contributed by atoms with Crippen molar-refractivity contribution in [2.75, 3.05) is 5.32 Å². The third-order valence-corrected chi connectivity index (χ3v) is 2.49. The summed E-state index contributed by atoms with van der Waals surface area (Å²) >= 11 is 5.90. The lowest BCUT2D eigenvalue weighted by Crippen LogP contribution is -2.15. The molecule has 1 heterocycles. The van der Waals surface area contributed by atoms with Gasteiger partial charge in [0, 0.05) is 17.8 Å². The van der Waals surface area contributed by atoms with Crippen molar-refractivity contribution < 1.29 is 4.79 Å². The van der Waals surface area contributed by atoms with Crippen molar-refractivity contribution in [1.29, 1.82) is 0 Å². The second kappa shape index (κ2) is 4.84. The summed E-state index contributed by atoms with van der Waals surface area (Å²) in [5, 5.41) is 3.08. The summed E-state index contributed by atoms with van der Waals surface area (Å²) in [6, 6.07) is 9.65. The van der Waals surface area contributed by atoms with Crippen molar-refractivity contribution in [3.05, 3.63) is 63.5 Å². The number of para-hydroxylation sites is 1. The van der Waals surface area contributed by atoms with Crippen LogP contribution in [0.1, 0.15) is 10.4 Å². The number of anilines is 1. The Morgan fingerprint density at radius 2 is 2.00 bits per heavy atom. The minimum atomic E-state index is -0.371. The molecule has 4 nitrogen and oxygen atoms in total. The molecule has 5 heteroatoms. The monoisotopic (exact) mass is 248 g/mol. The van der Waals surface area contributed by atoms with Gasteiger partial charge in [-0.2, -0.15) is 0 Å². The molecular weight excluding hydrogens is 240 g/mol. The number of pyridine rings is 1. The van der Waals surface area contributed by atoms with Gasteiger partial charge in [-0.15, -0.1) is 0 Å². The summed E-state index contributed by atoms with van der Waals surface area (Å²) in [5.74, 6) is -0.371. The van der Waals surface area contributed by atoms with E-state index in [1.165, 1.54) is 18.3 Å². The van der Waals surface area contributed by atoms with Crippen molar-refractivity contribution in [2.24, 2.45) is 0 Å². The number of aromatic nitrogens is 1. The molecule has 0 bridgehead atoms. The van der Waals surface area contributed by atoms with Gasteiger partial charge in [0.1, 0.15) is 0 Å². The van der Waals surface area contributed by atoms with Gasteiger partial charge < -0.3 is 10.3 Å². The molecule has 86 valence electrons. The molecule has 2 aromatic rings. The van der Waals surface area contributed by atoms with Gasteiger partial charge in [0.25, 0.3) is 5.91 Å². The van der Waals surface area contributed by atoms with Crippen molar-refractivity contribution >= 4 is 23.2 Å². The number of benzene rings is 1. The third kappa shape index (κ3) is 2.73. The maximum atomic E-state index is 11.8. The predicted molar refractivity (Wildman–Crippen MR) is 66.5 cm³/mol. The normalized spacial score (nSPS) is 9.94. The van der Waals surface area contributed by atoms with Crippen LogP contribution in [-0.4, -0.2) is 10.9 Å². The average molecular weight is 249 g/mol. The first kappa shape index (κ1) is 11.4. The van der Waals surface area contributed by atoms with Crippen LogP contribution in [0.25, 0.3) is 0 Å². The quantitative estimate of drug-likeness (QED) is 0.857. The SMILES string of the molecule is O=C(Nc1ccccc1Cl)c1cc[nH]c(=O)c1. The van der Waals surface area contributed by atoms with Crippen LogP contribution in [-0.2, 0) is 0 Å². The molecule has 0 aliphatic rings. The van der Waals surface area contributed by atoms with Gasteiger partial charge in [0.15, 0.2) is 0 Å². The van der Waals surface area contributed by atoms with E-state index in [0.717, 1.165) is 0 Å². The highest BCUT2D eigenvalue weighted by atomic mass is 35.5. The van der Waals surface area contributed by atoms with E-state index < -0.39 is 0 Å². The van der Waals surface area contributed by atoms with Crippen molar-refractivity contribution in [2.45, 2.75) is 0 Å². The highest BCUT2D eigenvalue weighted by Gasteiger charge is 2.07. The van der Waals surface area contributed by atoms with E-state index in [4.69, 9.17) is 11.6 Å². The number of carbonyl (C=O) groups is 1. The van der Waals surface area contributed by atoms with Crippen molar-refractivity contribution in [1.82, 2.24) is 4.98 Å². The number of H-pyrrole nitrogens is 1. The van der Waals surface area contributed by atoms with Crippen LogP contribution in [0.3, 0.4) is 0 Å². The molecule has 0 unspecified atom stereocenters. The Morgan fingerprint density at radius 3 is 2.71 bits per heavy atom. The lowest BCUT2D eigenvalue weighted by molar-refractivity contribution is 0.102. The van der Waals surface area contributed by atoms with E-state index in [2.05, 4.69) is 10.3 Å². The van der Waals surface area contributed by atoms with Crippen LogP contribution in [0.2, 0.25) is 5.02 Å². The van der Waals surface area contributed by atoms with Gasteiger partial charge in [-0.05, 0) is 18.2 Å². The van der Waals surface area contributed by atoms with Gasteiger partial charge >= 0.3 is 0 Å². The summed E-state index contributed by atoms with van der Waals surface area (Å²) in [4.78, 5) is 25.3. The fourth-order valence-corrected chi connectivity index (χ4v) is 1.53. The minimum absolute atomic E-state index is 0.286. The van der Waals surface area contributed by atoms with Crippen LogP contribution in [0, 0.1) is 0 Å². The standard InChI is InChI=1S/C12H9ClN2O2/c13-9-3-1-2-4-10(9)15-12(17)8-5-6-14-11(16)7-8/h1-7H,(H,14,16)(H,15,17). The number of halogens is 1. The Kier molecular flexibility index (Phi) is 3.25. The summed E-state index contributed by atoms with van der Waals surface area (Å²) in [6.45, 7) is 0. The van der Waals surface area contributed by atoms with Crippen LogP contribution < -0.4 is 10.9 Å². The average Bonchev–Trinajstić information content (AvgIpc) is 2.32. The molecule has 0 aliphatic heterocycles. The lowest BCUT2D eigenvalue weighted by atomic mass is 10.2. The third-order valence-electron chi connectivity index (χ3n) is 2.16. The maximum absolute atomic E-state index is 11.8. The van der Waals surface area contributed by atoms with Crippen molar-refractivity contribution in [3.63, 3.8) is 0 Å². The molecule has 1 aromatic heterocycles. The molecule has 0 saturated heterocycles. The van der Waals surface area contributed by atoms with Gasteiger partial charge in [0.05, 0.1) is 10.7 Å². The molecule has 1 amide bonds. The first-order valence-electron chi connectivity index (χ1n) is 4.91. The van der Waals surface area contributed by atoms with Crippen molar-refractivity contribution in [3.8, 4) is 0 Å². The zero-order valence-corrected chi connectivity index (χ0v) is 9.49. The molecule has 2 rings (SSSR count). The topological polar surface area (TPSA) is 62.0 Å². The summed E-state index contributed by atoms with van der Waals surface area (Å²) < 4.78 is 0. The molecule has 0 radical (unpaired) electrons. The van der Waals surface area contributed by atoms with Crippen LogP contribution in [0.4, 0.5) is 5.69 Å². The predicted octanol–water partition coefficient (Wildman–Crippen LogP) is 2.28. The van der Waals surface area contributed by atoms with Gasteiger partial charge in [-0.25, -0.2) is 0 Å². The molecule has 0 fully saturated rings. The first-order valence-corrected chi connectivity index (χ1v) is 5.29. The molecule has 17 heavy (non-hydrogen) atoms. The van der Waals surface area contributed by atoms with E-state index in [9.17, 15) is 9.59 Å². The Hall–Kier alpha value is -2.07. The van der Waals surface area contributed by atoms with E-state index in [0.29, 0.717) is 10.7 Å². The summed E-state index contributed by atoms with van der Waals surface area (Å²) in [7, 11) is 0. The second-order valence-corrected chi connectivity index (χ2v) is 3.78. The number of hydrogen-bond acceptors (Lipinski definition) is 2. The smallest absolute Gasteiger partial charge is 0.255 e. The van der Waals surface area contributed by atoms with E-state index in [-0.39, 0.29) is 17.0 Å². The highest BCUT2D eigenvalue weighted by Crippen LogP contribution is 2.20. The Labute approximate surface area is 102 Å². The van der Waals surface area contributed by atoms with E-state index in [1.54, 1.807) is 24.3 Å². The zero-order chi connectivity index (χ0) is 12.3. The molecule has 2 N–H and O–H groups in total. The van der Waals surface area contributed by atoms with Crippen LogP contribution in [0.15, 0.2) is 47.4 Å². The molecule has 0 atom stereocenters. The summed E-state index contributed by atoms with van der Waals surface area (Å²) in [6.07, 6.45) is 1.42. The van der Waals surface area contributed by atoms with Gasteiger partial charge in [0.2, 0.25) is 5.56 Å². The Balaban J connectivity index is 2.23. The molecule has 0 aliphatic carbocycles. The second-order valence-electron chi connectivity index (χ2n) is 3.38. The number of amides is 1. The number of nitrogens with one attached hydrogen (secondary N) is 2. The number of hydrogen-bond donors (Lipinski definition) is 2. The molecule has 0 saturated carbocycles. The molecule has 1 aromatic carbocycles. The highest BCUT2D eigenvalue weighted by molar-refractivity contribution is 6.33. The Morgan fingerprint density at radius 1 is 1.24 bits per heavy atom. The fraction of sp³-hybridized carbons (Fsp3) is 0. The van der Waals surface area contributed by atoms with Gasteiger partial charge in [-0.3, -0.25) is 9.59 Å². The lowest BCUT2D eigenvalue weighted by Gasteiger charge is -2.06. The minimum Gasteiger partial charge on any atom is -0.329 e. The molecule has 0 spiro atoms. The largest absolute Gasteiger partial charge is 0.329 e. The number of rotatable bonds is 2. The Bertz CT molecular complexity index is 607. The maximum Gasteiger partial charge on any atom is 0.255 e. The number of aromatic amines is 1. The summed E-state index contributed by atoms with van der Waals surface area (Å²) in [5.41, 5.74) is 0.477. The number of carbonyl (C=O) groups excluding carboxylic acids is 1. The molecular formula is C12H9ClN2O2.